The van der Waals surface area contributed by atoms with E-state index in [2.05, 4.69) is 5.32 Å². The number of hydrogen-bond acceptors (Lipinski definition) is 7. The first kappa shape index (κ1) is 33.6. The first-order chi connectivity index (χ1) is 20.2. The Morgan fingerprint density at radius 3 is 2.28 bits per heavy atom. The number of methoxy groups -OCH3 is 1. The summed E-state index contributed by atoms with van der Waals surface area (Å²) in [5.74, 6) is -1.23. The molecule has 3 aromatic rings. The van der Waals surface area contributed by atoms with Crippen molar-refractivity contribution in [1.82, 2.24) is 10.2 Å². The Morgan fingerprint density at radius 2 is 1.72 bits per heavy atom. The van der Waals surface area contributed by atoms with E-state index in [9.17, 15) is 28.1 Å². The minimum Gasteiger partial charge on any atom is -0.495 e. The molecule has 0 aromatic heterocycles. The average molecular weight is 652 g/mol. The molecule has 1 atom stereocenters. The average Bonchev–Trinajstić information content (AvgIpc) is 2.93. The summed E-state index contributed by atoms with van der Waals surface area (Å²) in [6.07, 6.45) is 0.973. The van der Waals surface area contributed by atoms with Crippen molar-refractivity contribution in [3.05, 3.63) is 98.0 Å². The number of non-ortho nitro benzene ring substituents is 1. The molecule has 0 saturated heterocycles. The molecule has 230 valence electrons. The van der Waals surface area contributed by atoms with Gasteiger partial charge in [0.15, 0.2) is 0 Å². The van der Waals surface area contributed by atoms with E-state index in [0.29, 0.717) is 10.6 Å². The number of anilines is 1. The van der Waals surface area contributed by atoms with Crippen molar-refractivity contribution < 1.29 is 27.7 Å². The molecule has 0 radical (unpaired) electrons. The van der Waals surface area contributed by atoms with Gasteiger partial charge in [-0.15, -0.1) is 0 Å². The summed E-state index contributed by atoms with van der Waals surface area (Å²) in [5, 5.41) is 15.0. The zero-order valence-corrected chi connectivity index (χ0v) is 26.3. The van der Waals surface area contributed by atoms with Crippen LogP contribution in [0.15, 0.2) is 66.7 Å². The molecule has 11 nitrogen and oxygen atoms in total. The quantitative estimate of drug-likeness (QED) is 0.206. The molecule has 0 aliphatic carbocycles. The number of halogens is 2. The number of ether oxygens (including phenoxy) is 1. The summed E-state index contributed by atoms with van der Waals surface area (Å²) in [6.45, 7) is 2.60. The van der Waals surface area contributed by atoms with Crippen LogP contribution < -0.4 is 14.4 Å². The summed E-state index contributed by atoms with van der Waals surface area (Å²) in [7, 11) is -2.92. The summed E-state index contributed by atoms with van der Waals surface area (Å²) in [5.41, 5.74) is 0.614. The minimum absolute atomic E-state index is 0.00509. The largest absolute Gasteiger partial charge is 0.495 e. The van der Waals surface area contributed by atoms with Crippen LogP contribution in [0.4, 0.5) is 11.4 Å². The smallest absolute Gasteiger partial charge is 0.271 e. The van der Waals surface area contributed by atoms with Gasteiger partial charge < -0.3 is 15.0 Å². The molecule has 0 aliphatic rings. The van der Waals surface area contributed by atoms with Crippen LogP contribution in [0.1, 0.15) is 25.0 Å². The van der Waals surface area contributed by atoms with Crippen molar-refractivity contribution in [2.75, 3.05) is 24.2 Å². The maximum atomic E-state index is 14.2. The highest BCUT2D eigenvalue weighted by Crippen LogP contribution is 2.34. The van der Waals surface area contributed by atoms with Crippen LogP contribution in [0, 0.1) is 10.1 Å². The van der Waals surface area contributed by atoms with Crippen LogP contribution in [0.5, 0.6) is 5.75 Å². The lowest BCUT2D eigenvalue weighted by atomic mass is 10.0. The van der Waals surface area contributed by atoms with Gasteiger partial charge in [0, 0.05) is 41.2 Å². The second-order valence-corrected chi connectivity index (χ2v) is 12.8. The first-order valence-electron chi connectivity index (χ1n) is 13.1. The molecule has 3 rings (SSSR count). The summed E-state index contributed by atoms with van der Waals surface area (Å²) < 4.78 is 32.1. The molecule has 0 saturated carbocycles. The molecule has 1 N–H and O–H groups in total. The van der Waals surface area contributed by atoms with Gasteiger partial charge in [0.25, 0.3) is 5.69 Å². The van der Waals surface area contributed by atoms with E-state index in [-0.39, 0.29) is 35.5 Å². The number of nitrogens with one attached hydrogen (secondary N) is 1. The Labute approximate surface area is 260 Å². The normalized spacial score (nSPS) is 12.0. The number of nitro groups is 1. The van der Waals surface area contributed by atoms with Crippen LogP contribution in [-0.2, 0) is 32.6 Å². The zero-order chi connectivity index (χ0) is 31.9. The van der Waals surface area contributed by atoms with Crippen LogP contribution in [0.2, 0.25) is 10.0 Å². The van der Waals surface area contributed by atoms with E-state index >= 15 is 0 Å². The van der Waals surface area contributed by atoms with Gasteiger partial charge in [0.1, 0.15) is 24.0 Å². The Morgan fingerprint density at radius 1 is 1.05 bits per heavy atom. The number of hydrogen-bond donors (Lipinski definition) is 1. The number of carbonyl (C=O) groups excluding carboxylic acids is 2. The Kier molecular flexibility index (Phi) is 11.4. The van der Waals surface area contributed by atoms with Crippen molar-refractivity contribution >= 4 is 56.4 Å². The lowest BCUT2D eigenvalue weighted by Crippen LogP contribution is -2.54. The fourth-order valence-electron chi connectivity index (χ4n) is 4.35. The maximum Gasteiger partial charge on any atom is 0.271 e. The number of benzene rings is 3. The van der Waals surface area contributed by atoms with Crippen molar-refractivity contribution in [2.24, 2.45) is 0 Å². The van der Waals surface area contributed by atoms with E-state index in [1.54, 1.807) is 38.1 Å². The van der Waals surface area contributed by atoms with Crippen LogP contribution in [-0.4, -0.2) is 62.0 Å². The molecule has 0 aliphatic heterocycles. The van der Waals surface area contributed by atoms with E-state index in [4.69, 9.17) is 27.9 Å². The maximum absolute atomic E-state index is 14.2. The second-order valence-electron chi connectivity index (χ2n) is 10.0. The lowest BCUT2D eigenvalue weighted by molar-refractivity contribution is -0.384. The zero-order valence-electron chi connectivity index (χ0n) is 24.0. The predicted octanol–water partition coefficient (Wildman–Crippen LogP) is 4.84. The number of nitro benzene ring substituents is 1. The van der Waals surface area contributed by atoms with Gasteiger partial charge in [-0.05, 0) is 43.2 Å². The molecular formula is C29H32Cl2N4O7S. The summed E-state index contributed by atoms with van der Waals surface area (Å²) in [4.78, 5) is 39.9. The second kappa shape index (κ2) is 14.5. The number of sulfonamides is 1. The summed E-state index contributed by atoms with van der Waals surface area (Å²) >= 11 is 12.5. The number of nitrogens with zero attached hydrogens (tertiary/aromatic N) is 3. The van der Waals surface area contributed by atoms with Crippen molar-refractivity contribution in [3.63, 3.8) is 0 Å². The monoisotopic (exact) mass is 650 g/mol. The van der Waals surface area contributed by atoms with Crippen LogP contribution in [0.3, 0.4) is 0 Å². The fourth-order valence-corrected chi connectivity index (χ4v) is 5.66. The molecule has 0 heterocycles. The van der Waals surface area contributed by atoms with Gasteiger partial charge in [-0.25, -0.2) is 8.42 Å². The van der Waals surface area contributed by atoms with Crippen molar-refractivity contribution in [1.29, 1.82) is 0 Å². The standard InChI is InChI=1S/C29H32Cl2N4O7S/c1-19(2)32-29(37)26(14-20-8-6-5-7-9-20)33(17-21-10-11-22(30)15-24(21)31)28(36)18-34(43(4,40)41)25-16-23(35(38)39)12-13-27(25)42-3/h5-13,15-16,19,26H,14,17-18H2,1-4H3,(H,32,37)/t26-/m1/s1. The molecule has 0 unspecified atom stereocenters. The van der Waals surface area contributed by atoms with E-state index < -0.39 is 45.0 Å². The highest BCUT2D eigenvalue weighted by molar-refractivity contribution is 7.92. The third-order valence-corrected chi connectivity index (χ3v) is 8.09. The Balaban J connectivity index is 2.15. The molecule has 2 amide bonds. The molecule has 0 spiro atoms. The Bertz CT molecular complexity index is 1590. The van der Waals surface area contributed by atoms with Gasteiger partial charge >= 0.3 is 0 Å². The summed E-state index contributed by atoms with van der Waals surface area (Å²) in [6, 6.07) is 15.8. The fraction of sp³-hybridized carbons (Fsp3) is 0.310. The molecule has 14 heteroatoms. The number of carbonyl (C=O) groups is 2. The van der Waals surface area contributed by atoms with Gasteiger partial charge in [0.2, 0.25) is 21.8 Å². The highest BCUT2D eigenvalue weighted by Gasteiger charge is 2.34. The molecule has 3 aromatic carbocycles. The molecule has 0 bridgehead atoms. The van der Waals surface area contributed by atoms with Gasteiger partial charge in [0.05, 0.1) is 18.3 Å². The number of amides is 2. The van der Waals surface area contributed by atoms with Crippen LogP contribution >= 0.6 is 23.2 Å². The van der Waals surface area contributed by atoms with Crippen molar-refractivity contribution in [3.8, 4) is 5.75 Å². The molecule has 43 heavy (non-hydrogen) atoms. The number of rotatable bonds is 13. The Hall–Kier alpha value is -3.87. The van der Waals surface area contributed by atoms with Gasteiger partial charge in [-0.1, -0.05) is 59.6 Å². The third kappa shape index (κ3) is 9.06. The van der Waals surface area contributed by atoms with E-state index in [1.165, 1.54) is 24.1 Å². The van der Waals surface area contributed by atoms with Gasteiger partial charge in [-0.2, -0.15) is 0 Å². The molecule has 0 fully saturated rings. The third-order valence-electron chi connectivity index (χ3n) is 6.38. The van der Waals surface area contributed by atoms with E-state index in [1.807, 2.05) is 18.2 Å². The lowest BCUT2D eigenvalue weighted by Gasteiger charge is -2.34. The minimum atomic E-state index is -4.19. The van der Waals surface area contributed by atoms with Crippen LogP contribution in [0.25, 0.3) is 0 Å². The highest BCUT2D eigenvalue weighted by atomic mass is 35.5. The first-order valence-corrected chi connectivity index (χ1v) is 15.7. The topological polar surface area (TPSA) is 139 Å². The van der Waals surface area contributed by atoms with Gasteiger partial charge in [-0.3, -0.25) is 24.0 Å². The molecular weight excluding hydrogens is 619 g/mol. The van der Waals surface area contributed by atoms with Crippen molar-refractivity contribution in [2.45, 2.75) is 38.9 Å². The predicted molar refractivity (Wildman–Crippen MR) is 166 cm³/mol. The van der Waals surface area contributed by atoms with E-state index in [0.717, 1.165) is 28.3 Å². The SMILES string of the molecule is COc1ccc([N+](=O)[O-])cc1N(CC(=O)N(Cc1ccc(Cl)cc1Cl)[C@H](Cc1ccccc1)C(=O)NC(C)C)S(C)(=O)=O.